The number of ether oxygens (including phenoxy) is 1. The highest BCUT2D eigenvalue weighted by Gasteiger charge is 2.41. The van der Waals surface area contributed by atoms with Crippen molar-refractivity contribution >= 4 is 11.9 Å². The van der Waals surface area contributed by atoms with Gasteiger partial charge in [-0.1, -0.05) is 0 Å². The van der Waals surface area contributed by atoms with Crippen molar-refractivity contribution in [2.24, 2.45) is 0 Å². The molecule has 5 nitrogen and oxygen atoms in total. The van der Waals surface area contributed by atoms with Crippen LogP contribution in [0.2, 0.25) is 0 Å². The third-order valence-corrected chi connectivity index (χ3v) is 4.16. The summed E-state index contributed by atoms with van der Waals surface area (Å²) in [4.78, 5) is 17.1. The van der Waals surface area contributed by atoms with Crippen molar-refractivity contribution < 1.29 is 22.7 Å². The summed E-state index contributed by atoms with van der Waals surface area (Å²) < 4.78 is 43.0. The van der Waals surface area contributed by atoms with E-state index in [0.717, 1.165) is 25.1 Å². The zero-order valence-electron chi connectivity index (χ0n) is 11.8. The molecular weight excluding hydrogens is 299 g/mol. The Hall–Kier alpha value is -1.99. The molecule has 3 rings (SSSR count). The number of aromatic nitrogens is 1. The van der Waals surface area contributed by atoms with Crippen LogP contribution in [-0.2, 0) is 10.9 Å². The van der Waals surface area contributed by atoms with E-state index < -0.39 is 23.4 Å². The number of carbonyl (C=O) groups is 1. The van der Waals surface area contributed by atoms with Gasteiger partial charge in [-0.25, -0.2) is 9.78 Å². The van der Waals surface area contributed by atoms with Gasteiger partial charge < -0.3 is 15.0 Å². The molecule has 2 saturated heterocycles. The van der Waals surface area contributed by atoms with E-state index in [4.69, 9.17) is 4.74 Å². The highest BCUT2D eigenvalue weighted by atomic mass is 19.4. The molecule has 3 heterocycles. The minimum absolute atomic E-state index is 0.402. The maximum absolute atomic E-state index is 12.6. The van der Waals surface area contributed by atoms with Crippen LogP contribution in [0.3, 0.4) is 0 Å². The maximum Gasteiger partial charge on any atom is 0.417 e. The van der Waals surface area contributed by atoms with E-state index in [1.807, 2.05) is 4.90 Å². The molecule has 0 bridgehead atoms. The van der Waals surface area contributed by atoms with Crippen LogP contribution in [0.4, 0.5) is 23.8 Å². The van der Waals surface area contributed by atoms with E-state index in [-0.39, 0.29) is 0 Å². The van der Waals surface area contributed by atoms with Gasteiger partial charge in [0.05, 0.1) is 12.1 Å². The van der Waals surface area contributed by atoms with E-state index in [0.29, 0.717) is 31.9 Å². The lowest BCUT2D eigenvalue weighted by molar-refractivity contribution is -0.137. The zero-order chi connectivity index (χ0) is 15.8. The molecule has 2 aliphatic rings. The van der Waals surface area contributed by atoms with Gasteiger partial charge in [-0.15, -0.1) is 0 Å². The fourth-order valence-electron chi connectivity index (χ4n) is 2.92. The molecule has 1 aromatic rings. The molecule has 120 valence electrons. The Balaban J connectivity index is 1.70. The molecule has 1 amide bonds. The topological polar surface area (TPSA) is 54.5 Å². The van der Waals surface area contributed by atoms with Gasteiger partial charge in [0.25, 0.3) is 0 Å². The van der Waals surface area contributed by atoms with Crippen LogP contribution in [-0.4, -0.2) is 36.3 Å². The van der Waals surface area contributed by atoms with E-state index in [1.54, 1.807) is 0 Å². The number of amides is 1. The van der Waals surface area contributed by atoms with Gasteiger partial charge in [0, 0.05) is 25.7 Å². The van der Waals surface area contributed by atoms with Gasteiger partial charge in [0.1, 0.15) is 11.4 Å². The third kappa shape index (κ3) is 2.95. The van der Waals surface area contributed by atoms with Crippen molar-refractivity contribution in [2.75, 3.05) is 24.5 Å². The number of hydrogen-bond donors (Lipinski definition) is 1. The van der Waals surface area contributed by atoms with Gasteiger partial charge >= 0.3 is 12.3 Å². The lowest BCUT2D eigenvalue weighted by Gasteiger charge is -2.25. The second-order valence-electron chi connectivity index (χ2n) is 5.67. The minimum Gasteiger partial charge on any atom is -0.441 e. The van der Waals surface area contributed by atoms with Gasteiger partial charge in [-0.05, 0) is 25.0 Å². The largest absolute Gasteiger partial charge is 0.441 e. The van der Waals surface area contributed by atoms with Crippen LogP contribution in [0.5, 0.6) is 0 Å². The summed E-state index contributed by atoms with van der Waals surface area (Å²) in [5.41, 5.74) is -1.24. The van der Waals surface area contributed by atoms with Gasteiger partial charge in [0.15, 0.2) is 0 Å². The molecule has 2 aliphatic heterocycles. The number of halogens is 3. The molecule has 22 heavy (non-hydrogen) atoms. The molecule has 1 aromatic heterocycles. The zero-order valence-corrected chi connectivity index (χ0v) is 11.8. The van der Waals surface area contributed by atoms with Crippen molar-refractivity contribution in [3.63, 3.8) is 0 Å². The number of carbonyl (C=O) groups excluding carboxylic acids is 1. The van der Waals surface area contributed by atoms with Crippen molar-refractivity contribution in [3.8, 4) is 0 Å². The molecule has 1 unspecified atom stereocenters. The van der Waals surface area contributed by atoms with Crippen molar-refractivity contribution in [2.45, 2.75) is 31.0 Å². The van der Waals surface area contributed by atoms with E-state index in [9.17, 15) is 18.0 Å². The summed E-state index contributed by atoms with van der Waals surface area (Å²) in [6.07, 6.45) is -1.76. The SMILES string of the molecule is O=C1NCC2(CCCN(c3ccc(C(F)(F)F)cn3)CC2)O1. The predicted molar refractivity (Wildman–Crippen MR) is 72.5 cm³/mol. The highest BCUT2D eigenvalue weighted by molar-refractivity contribution is 5.70. The first-order valence-electron chi connectivity index (χ1n) is 7.13. The van der Waals surface area contributed by atoms with Crippen LogP contribution in [0.25, 0.3) is 0 Å². The van der Waals surface area contributed by atoms with Crippen LogP contribution < -0.4 is 10.2 Å². The predicted octanol–water partition coefficient (Wildman–Crippen LogP) is 2.57. The molecule has 0 aliphatic carbocycles. The van der Waals surface area contributed by atoms with Gasteiger partial charge in [-0.3, -0.25) is 0 Å². The number of rotatable bonds is 1. The Kier molecular flexibility index (Phi) is 3.62. The highest BCUT2D eigenvalue weighted by Crippen LogP contribution is 2.32. The van der Waals surface area contributed by atoms with Crippen LogP contribution >= 0.6 is 0 Å². The Morgan fingerprint density at radius 1 is 1.27 bits per heavy atom. The van der Waals surface area contributed by atoms with Crippen LogP contribution in [0.1, 0.15) is 24.8 Å². The van der Waals surface area contributed by atoms with Crippen molar-refractivity contribution in [3.05, 3.63) is 23.9 Å². The molecule has 8 heteroatoms. The molecule has 1 atom stereocenters. The molecule has 0 aromatic carbocycles. The number of pyridine rings is 1. The summed E-state index contributed by atoms with van der Waals surface area (Å²) in [6, 6.07) is 2.43. The van der Waals surface area contributed by atoms with Crippen LogP contribution in [0.15, 0.2) is 18.3 Å². The Morgan fingerprint density at radius 2 is 2.09 bits per heavy atom. The molecular formula is C14H16F3N3O2. The first kappa shape index (κ1) is 14.9. The Bertz CT molecular complexity index is 561. The van der Waals surface area contributed by atoms with Crippen LogP contribution in [0, 0.1) is 0 Å². The summed E-state index contributed by atoms with van der Waals surface area (Å²) in [5.74, 6) is 0.516. The Labute approximate surface area is 125 Å². The van der Waals surface area contributed by atoms with Crippen molar-refractivity contribution in [1.29, 1.82) is 0 Å². The number of nitrogens with zero attached hydrogens (tertiary/aromatic N) is 2. The smallest absolute Gasteiger partial charge is 0.417 e. The lowest BCUT2D eigenvalue weighted by Crippen LogP contribution is -2.35. The normalized spacial score (nSPS) is 25.8. The average Bonchev–Trinajstić information content (AvgIpc) is 2.70. The Morgan fingerprint density at radius 3 is 2.68 bits per heavy atom. The van der Waals surface area contributed by atoms with Gasteiger partial charge in [-0.2, -0.15) is 13.2 Å². The number of hydrogen-bond acceptors (Lipinski definition) is 4. The molecule has 1 N–H and O–H groups in total. The monoisotopic (exact) mass is 315 g/mol. The molecule has 2 fully saturated rings. The van der Waals surface area contributed by atoms with Gasteiger partial charge in [0.2, 0.25) is 0 Å². The maximum atomic E-state index is 12.6. The van der Waals surface area contributed by atoms with E-state index >= 15 is 0 Å². The summed E-state index contributed by atoms with van der Waals surface area (Å²) in [5, 5.41) is 2.67. The average molecular weight is 315 g/mol. The van der Waals surface area contributed by atoms with E-state index in [2.05, 4.69) is 10.3 Å². The van der Waals surface area contributed by atoms with E-state index in [1.165, 1.54) is 6.07 Å². The molecule has 0 radical (unpaired) electrons. The minimum atomic E-state index is -4.38. The number of alkyl carbamates (subject to hydrolysis) is 1. The fourth-order valence-corrected chi connectivity index (χ4v) is 2.92. The number of alkyl halides is 3. The van der Waals surface area contributed by atoms with Crippen molar-refractivity contribution in [1.82, 2.24) is 10.3 Å². The quantitative estimate of drug-likeness (QED) is 0.865. The molecule has 1 spiro atoms. The third-order valence-electron chi connectivity index (χ3n) is 4.16. The summed E-state index contributed by atoms with van der Waals surface area (Å²) >= 11 is 0. The summed E-state index contributed by atoms with van der Waals surface area (Å²) in [6.45, 7) is 1.76. The first-order chi connectivity index (χ1) is 10.4. The lowest BCUT2D eigenvalue weighted by atomic mass is 9.95. The summed E-state index contributed by atoms with van der Waals surface area (Å²) in [7, 11) is 0. The fraction of sp³-hybridized carbons (Fsp3) is 0.571. The second-order valence-corrected chi connectivity index (χ2v) is 5.67. The number of anilines is 1. The standard InChI is InChI=1S/C14H16F3N3O2/c15-14(16,17)10-2-3-11(18-8-10)20-6-1-4-13(5-7-20)9-19-12(21)22-13/h2-3,8H,1,4-7,9H2,(H,19,21). The second kappa shape index (κ2) is 5.33. The number of nitrogens with one attached hydrogen (secondary N) is 1. The first-order valence-corrected chi connectivity index (χ1v) is 7.13. The molecule has 0 saturated carbocycles.